The van der Waals surface area contributed by atoms with Gasteiger partial charge >= 0.3 is 6.03 Å². The number of imidazole rings is 1. The minimum atomic E-state index is -0.754. The number of hydrogen-bond donors (Lipinski definition) is 3. The molecule has 0 aliphatic carbocycles. The summed E-state index contributed by atoms with van der Waals surface area (Å²) in [7, 11) is 0. The largest absolute Gasteiger partial charge is 0.387 e. The highest BCUT2D eigenvalue weighted by atomic mass is 16.3. The number of urea groups is 1. The Labute approximate surface area is 165 Å². The predicted molar refractivity (Wildman–Crippen MR) is 110 cm³/mol. The SMILES string of the molecule is Cc1nc(CNC(=O)NCC(O)c2ccc(C(C)(C)C)cc2)c2ccccn12. The maximum absolute atomic E-state index is 12.1. The molecule has 0 aliphatic heterocycles. The van der Waals surface area contributed by atoms with E-state index in [2.05, 4.69) is 36.4 Å². The van der Waals surface area contributed by atoms with Crippen molar-refractivity contribution in [2.75, 3.05) is 6.54 Å². The maximum atomic E-state index is 12.1. The Morgan fingerprint density at radius 3 is 2.54 bits per heavy atom. The molecule has 148 valence electrons. The molecule has 28 heavy (non-hydrogen) atoms. The van der Waals surface area contributed by atoms with Crippen molar-refractivity contribution < 1.29 is 9.90 Å². The standard InChI is InChI=1S/C22H28N4O2/c1-15-25-18(19-7-5-6-12-26(15)19)13-23-21(28)24-14-20(27)16-8-10-17(11-9-16)22(2,3)4/h5-12,20,27H,13-14H2,1-4H3,(H2,23,24,28). The van der Waals surface area contributed by atoms with Gasteiger partial charge in [0.05, 0.1) is 23.9 Å². The van der Waals surface area contributed by atoms with E-state index in [0.717, 1.165) is 22.6 Å². The number of rotatable bonds is 5. The summed E-state index contributed by atoms with van der Waals surface area (Å²) in [5.74, 6) is 0.877. The lowest BCUT2D eigenvalue weighted by atomic mass is 9.86. The molecular weight excluding hydrogens is 352 g/mol. The number of fused-ring (bicyclic) bond motifs is 1. The molecule has 0 bridgehead atoms. The van der Waals surface area contributed by atoms with Gasteiger partial charge in [-0.3, -0.25) is 0 Å². The molecule has 6 heteroatoms. The Morgan fingerprint density at radius 2 is 1.86 bits per heavy atom. The Kier molecular flexibility index (Phi) is 5.70. The summed E-state index contributed by atoms with van der Waals surface area (Å²) in [6.45, 7) is 8.84. The number of amides is 2. The molecule has 1 unspecified atom stereocenters. The summed E-state index contributed by atoms with van der Waals surface area (Å²) in [6.07, 6.45) is 1.19. The van der Waals surface area contributed by atoms with E-state index in [4.69, 9.17) is 0 Å². The highest BCUT2D eigenvalue weighted by Gasteiger charge is 2.15. The molecule has 0 saturated carbocycles. The number of pyridine rings is 1. The zero-order chi connectivity index (χ0) is 20.3. The van der Waals surface area contributed by atoms with Gasteiger partial charge in [0, 0.05) is 12.7 Å². The van der Waals surface area contributed by atoms with Gasteiger partial charge in [-0.25, -0.2) is 9.78 Å². The number of carbonyl (C=O) groups excluding carboxylic acids is 1. The fraction of sp³-hybridized carbons (Fsp3) is 0.364. The van der Waals surface area contributed by atoms with E-state index in [1.54, 1.807) is 0 Å². The first-order valence-corrected chi connectivity index (χ1v) is 9.48. The van der Waals surface area contributed by atoms with Crippen LogP contribution in [0.3, 0.4) is 0 Å². The van der Waals surface area contributed by atoms with Gasteiger partial charge < -0.3 is 20.1 Å². The second kappa shape index (κ2) is 8.02. The number of carbonyl (C=O) groups is 1. The van der Waals surface area contributed by atoms with Crippen molar-refractivity contribution in [3.05, 3.63) is 71.3 Å². The van der Waals surface area contributed by atoms with Gasteiger partial charge in [0.15, 0.2) is 0 Å². The molecular formula is C22H28N4O2. The summed E-state index contributed by atoms with van der Waals surface area (Å²) in [5.41, 5.74) is 3.84. The lowest BCUT2D eigenvalue weighted by Crippen LogP contribution is -2.37. The molecule has 0 aliphatic rings. The molecule has 0 radical (unpaired) electrons. The van der Waals surface area contributed by atoms with Crippen LogP contribution < -0.4 is 10.6 Å². The second-order valence-electron chi connectivity index (χ2n) is 8.01. The number of aliphatic hydroxyl groups excluding tert-OH is 1. The van der Waals surface area contributed by atoms with Gasteiger partial charge in [-0.15, -0.1) is 0 Å². The van der Waals surface area contributed by atoms with Crippen molar-refractivity contribution in [3.63, 3.8) is 0 Å². The fourth-order valence-corrected chi connectivity index (χ4v) is 3.14. The third-order valence-electron chi connectivity index (χ3n) is 4.83. The molecule has 1 atom stereocenters. The van der Waals surface area contributed by atoms with Crippen LogP contribution in [-0.2, 0) is 12.0 Å². The van der Waals surface area contributed by atoms with E-state index >= 15 is 0 Å². The van der Waals surface area contributed by atoms with Crippen LogP contribution in [0.4, 0.5) is 4.79 Å². The fourth-order valence-electron chi connectivity index (χ4n) is 3.14. The van der Waals surface area contributed by atoms with Gasteiger partial charge in [-0.05, 0) is 35.6 Å². The smallest absolute Gasteiger partial charge is 0.315 e. The first-order chi connectivity index (χ1) is 13.3. The average molecular weight is 380 g/mol. The normalized spacial score (nSPS) is 12.8. The lowest BCUT2D eigenvalue weighted by Gasteiger charge is -2.20. The molecule has 0 spiro atoms. The van der Waals surface area contributed by atoms with Crippen molar-refractivity contribution in [3.8, 4) is 0 Å². The van der Waals surface area contributed by atoms with Gasteiger partial charge in [0.2, 0.25) is 0 Å². The van der Waals surface area contributed by atoms with Crippen LogP contribution in [0.5, 0.6) is 0 Å². The zero-order valence-corrected chi connectivity index (χ0v) is 16.9. The van der Waals surface area contributed by atoms with E-state index in [1.165, 1.54) is 5.56 Å². The number of aryl methyl sites for hydroxylation is 1. The molecule has 0 fully saturated rings. The van der Waals surface area contributed by atoms with Crippen molar-refractivity contribution in [2.24, 2.45) is 0 Å². The number of benzene rings is 1. The molecule has 3 aromatic rings. The highest BCUT2D eigenvalue weighted by molar-refractivity contribution is 5.74. The molecule has 2 aromatic heterocycles. The van der Waals surface area contributed by atoms with Crippen LogP contribution >= 0.6 is 0 Å². The number of aromatic nitrogens is 2. The third kappa shape index (κ3) is 4.51. The molecule has 6 nitrogen and oxygen atoms in total. The van der Waals surface area contributed by atoms with E-state index in [0.29, 0.717) is 6.54 Å². The molecule has 1 aromatic carbocycles. The molecule has 3 N–H and O–H groups in total. The highest BCUT2D eigenvalue weighted by Crippen LogP contribution is 2.23. The van der Waals surface area contributed by atoms with Crippen molar-refractivity contribution in [1.82, 2.24) is 20.0 Å². The molecule has 2 heterocycles. The predicted octanol–water partition coefficient (Wildman–Crippen LogP) is 3.47. The van der Waals surface area contributed by atoms with Crippen LogP contribution in [0.2, 0.25) is 0 Å². The van der Waals surface area contributed by atoms with Gasteiger partial charge in [-0.1, -0.05) is 51.1 Å². The average Bonchev–Trinajstić information content (AvgIpc) is 3.00. The number of aliphatic hydroxyl groups is 1. The van der Waals surface area contributed by atoms with Crippen LogP contribution in [0.15, 0.2) is 48.7 Å². The molecule has 0 saturated heterocycles. The number of hydrogen-bond acceptors (Lipinski definition) is 3. The summed E-state index contributed by atoms with van der Waals surface area (Å²) >= 11 is 0. The summed E-state index contributed by atoms with van der Waals surface area (Å²) in [5, 5.41) is 15.9. The Hall–Kier alpha value is -2.86. The van der Waals surface area contributed by atoms with Crippen molar-refractivity contribution in [1.29, 1.82) is 0 Å². The number of nitrogens with one attached hydrogen (secondary N) is 2. The Balaban J connectivity index is 1.52. The monoisotopic (exact) mass is 380 g/mol. The third-order valence-corrected chi connectivity index (χ3v) is 4.83. The summed E-state index contributed by atoms with van der Waals surface area (Å²) in [6, 6.07) is 13.4. The molecule has 2 amide bonds. The van der Waals surface area contributed by atoms with Crippen LogP contribution in [0.1, 0.15) is 49.5 Å². The van der Waals surface area contributed by atoms with Gasteiger partial charge in [-0.2, -0.15) is 0 Å². The van der Waals surface area contributed by atoms with E-state index < -0.39 is 6.10 Å². The summed E-state index contributed by atoms with van der Waals surface area (Å²) in [4.78, 5) is 16.6. The summed E-state index contributed by atoms with van der Waals surface area (Å²) < 4.78 is 1.99. The van der Waals surface area contributed by atoms with E-state index in [9.17, 15) is 9.90 Å². The zero-order valence-electron chi connectivity index (χ0n) is 16.9. The van der Waals surface area contributed by atoms with E-state index in [1.807, 2.05) is 60.0 Å². The van der Waals surface area contributed by atoms with Crippen molar-refractivity contribution in [2.45, 2.75) is 45.8 Å². The van der Waals surface area contributed by atoms with Gasteiger partial charge in [0.25, 0.3) is 0 Å². The topological polar surface area (TPSA) is 78.7 Å². The maximum Gasteiger partial charge on any atom is 0.315 e. The first-order valence-electron chi connectivity index (χ1n) is 9.48. The van der Waals surface area contributed by atoms with Crippen LogP contribution in [-0.4, -0.2) is 27.1 Å². The quantitative estimate of drug-likeness (QED) is 0.634. The lowest BCUT2D eigenvalue weighted by molar-refractivity contribution is 0.173. The van der Waals surface area contributed by atoms with E-state index in [-0.39, 0.29) is 18.0 Å². The minimum absolute atomic E-state index is 0.0667. The van der Waals surface area contributed by atoms with Crippen molar-refractivity contribution >= 4 is 11.5 Å². The molecule has 3 rings (SSSR count). The number of nitrogens with zero attached hydrogens (tertiary/aromatic N) is 2. The Morgan fingerprint density at radius 1 is 1.14 bits per heavy atom. The second-order valence-corrected chi connectivity index (χ2v) is 8.01. The first kappa shape index (κ1) is 19.9. The van der Waals surface area contributed by atoms with Crippen LogP contribution in [0, 0.1) is 6.92 Å². The van der Waals surface area contributed by atoms with Gasteiger partial charge in [0.1, 0.15) is 5.82 Å². The Bertz CT molecular complexity index is 955. The minimum Gasteiger partial charge on any atom is -0.387 e. The van der Waals surface area contributed by atoms with Crippen LogP contribution in [0.25, 0.3) is 5.52 Å².